The van der Waals surface area contributed by atoms with Crippen LogP contribution in [0.4, 0.5) is 0 Å². The lowest BCUT2D eigenvalue weighted by Gasteiger charge is -2.24. The molecule has 4 heteroatoms. The molecule has 2 aliphatic heterocycles. The Labute approximate surface area is 94.3 Å². The van der Waals surface area contributed by atoms with Crippen molar-refractivity contribution in [2.24, 2.45) is 21.9 Å². The Balaban J connectivity index is 2.00. The Morgan fingerprint density at radius 2 is 2.38 bits per heavy atom. The first-order chi connectivity index (χ1) is 7.86. The molecule has 0 aromatic rings. The van der Waals surface area contributed by atoms with E-state index < -0.39 is 0 Å². The highest BCUT2D eigenvalue weighted by atomic mass is 15.2. The van der Waals surface area contributed by atoms with Crippen LogP contribution in [-0.4, -0.2) is 6.17 Å². The largest absolute Gasteiger partial charge is 0.399 e. The predicted molar refractivity (Wildman–Crippen MR) is 62.1 cm³/mol. The van der Waals surface area contributed by atoms with Crippen LogP contribution in [0.1, 0.15) is 12.8 Å². The van der Waals surface area contributed by atoms with Crippen molar-refractivity contribution < 1.29 is 0 Å². The fourth-order valence-electron chi connectivity index (χ4n) is 2.37. The molecule has 82 valence electrons. The lowest BCUT2D eigenvalue weighted by atomic mass is 9.86. The molecule has 2 atom stereocenters. The highest BCUT2D eigenvalue weighted by molar-refractivity contribution is 5.45. The van der Waals surface area contributed by atoms with Crippen molar-refractivity contribution >= 4 is 0 Å². The molecule has 0 fully saturated rings. The molecule has 0 saturated heterocycles. The smallest absolute Gasteiger partial charge is 0.150 e. The molecule has 4 nitrogen and oxygen atoms in total. The van der Waals surface area contributed by atoms with E-state index in [2.05, 4.69) is 27.7 Å². The fourth-order valence-corrected chi connectivity index (χ4v) is 2.37. The van der Waals surface area contributed by atoms with E-state index >= 15 is 0 Å². The molecule has 1 aliphatic carbocycles. The van der Waals surface area contributed by atoms with E-state index in [1.807, 2.05) is 18.5 Å². The molecule has 0 aromatic carbocycles. The van der Waals surface area contributed by atoms with Crippen LogP contribution >= 0.6 is 0 Å². The van der Waals surface area contributed by atoms with Gasteiger partial charge in [0.15, 0.2) is 0 Å². The average Bonchev–Trinajstić information content (AvgIpc) is 2.77. The topological polar surface area (TPSA) is 62.8 Å². The Morgan fingerprint density at radius 1 is 1.44 bits per heavy atom. The molecular formula is C12H14N4. The molecule has 0 saturated carbocycles. The molecule has 2 heterocycles. The lowest BCUT2D eigenvalue weighted by molar-refractivity contribution is 0.514. The maximum Gasteiger partial charge on any atom is 0.150 e. The third-order valence-electron chi connectivity index (χ3n) is 3.21. The van der Waals surface area contributed by atoms with Crippen LogP contribution in [0, 0.1) is 5.92 Å². The molecule has 0 aromatic heterocycles. The zero-order chi connectivity index (χ0) is 11.0. The van der Waals surface area contributed by atoms with Gasteiger partial charge < -0.3 is 11.1 Å². The number of nitrogens with one attached hydrogen (secondary N) is 1. The van der Waals surface area contributed by atoms with Gasteiger partial charge in [0.25, 0.3) is 0 Å². The van der Waals surface area contributed by atoms with E-state index in [-0.39, 0.29) is 12.1 Å². The Bertz CT molecular complexity index is 454. The second kappa shape index (κ2) is 3.63. The summed E-state index contributed by atoms with van der Waals surface area (Å²) in [7, 11) is 0. The van der Waals surface area contributed by atoms with Crippen molar-refractivity contribution in [1.82, 2.24) is 5.32 Å². The van der Waals surface area contributed by atoms with Crippen LogP contribution in [0.15, 0.2) is 57.7 Å². The summed E-state index contributed by atoms with van der Waals surface area (Å²) in [5.74, 6) is 0.289. The van der Waals surface area contributed by atoms with Gasteiger partial charge in [0.1, 0.15) is 6.17 Å². The summed E-state index contributed by atoms with van der Waals surface area (Å²) >= 11 is 0. The molecule has 0 spiro atoms. The summed E-state index contributed by atoms with van der Waals surface area (Å²) in [5.41, 5.74) is 9.33. The molecule has 2 unspecified atom stereocenters. The molecule has 3 N–H and O–H groups in total. The summed E-state index contributed by atoms with van der Waals surface area (Å²) in [5, 5.41) is 11.4. The molecule has 0 radical (unpaired) electrons. The summed E-state index contributed by atoms with van der Waals surface area (Å²) < 4.78 is 0. The van der Waals surface area contributed by atoms with E-state index in [1.165, 1.54) is 11.1 Å². The first kappa shape index (κ1) is 9.39. The molecule has 0 amide bonds. The van der Waals surface area contributed by atoms with Crippen LogP contribution in [0.2, 0.25) is 0 Å². The van der Waals surface area contributed by atoms with Crippen LogP contribution in [0.3, 0.4) is 0 Å². The van der Waals surface area contributed by atoms with Gasteiger partial charge in [-0.3, -0.25) is 0 Å². The summed E-state index contributed by atoms with van der Waals surface area (Å²) in [4.78, 5) is 0. The van der Waals surface area contributed by atoms with Gasteiger partial charge in [0.05, 0.1) is 6.20 Å². The Morgan fingerprint density at radius 3 is 3.25 bits per heavy atom. The number of nitrogens with two attached hydrogens (primary N) is 1. The monoisotopic (exact) mass is 214 g/mol. The standard InChI is InChI=1S/C12H14N4/c13-11-4-2-1-3-8(11)10-7-15-16-12-9(10)5-6-14-12/h2,4-7,9,12,14H,1,3,13H2. The zero-order valence-electron chi connectivity index (χ0n) is 8.93. The molecular weight excluding hydrogens is 200 g/mol. The van der Waals surface area contributed by atoms with E-state index in [0.29, 0.717) is 0 Å². The van der Waals surface area contributed by atoms with Gasteiger partial charge in [-0.15, -0.1) is 0 Å². The van der Waals surface area contributed by atoms with Crippen molar-refractivity contribution in [3.05, 3.63) is 47.5 Å². The number of rotatable bonds is 1. The maximum absolute atomic E-state index is 6.03. The van der Waals surface area contributed by atoms with Crippen molar-refractivity contribution in [3.63, 3.8) is 0 Å². The average molecular weight is 214 g/mol. The quantitative estimate of drug-likeness (QED) is 0.700. The van der Waals surface area contributed by atoms with E-state index in [9.17, 15) is 0 Å². The zero-order valence-corrected chi connectivity index (χ0v) is 8.93. The van der Waals surface area contributed by atoms with Crippen LogP contribution < -0.4 is 11.1 Å². The minimum absolute atomic E-state index is 0.0613. The number of hydrogen-bond donors (Lipinski definition) is 2. The second-order valence-corrected chi connectivity index (χ2v) is 4.19. The number of nitrogens with zero attached hydrogens (tertiary/aromatic N) is 2. The highest BCUT2D eigenvalue weighted by Crippen LogP contribution is 2.35. The molecule has 3 aliphatic rings. The highest BCUT2D eigenvalue weighted by Gasteiger charge is 2.30. The van der Waals surface area contributed by atoms with Crippen LogP contribution in [-0.2, 0) is 0 Å². The van der Waals surface area contributed by atoms with E-state index in [0.717, 1.165) is 18.5 Å². The molecule has 0 bridgehead atoms. The minimum Gasteiger partial charge on any atom is -0.399 e. The SMILES string of the molecule is NC1=C(C2=CN=NC3NC=CC23)CCC=C1. The Kier molecular flexibility index (Phi) is 2.13. The number of azo groups is 1. The second-order valence-electron chi connectivity index (χ2n) is 4.19. The van der Waals surface area contributed by atoms with E-state index in [1.54, 1.807) is 0 Å². The number of fused-ring (bicyclic) bond motifs is 1. The van der Waals surface area contributed by atoms with Crippen molar-refractivity contribution in [2.75, 3.05) is 0 Å². The predicted octanol–water partition coefficient (Wildman–Crippen LogP) is 1.96. The first-order valence-electron chi connectivity index (χ1n) is 5.54. The third kappa shape index (κ3) is 1.38. The summed E-state index contributed by atoms with van der Waals surface area (Å²) in [6.07, 6.45) is 12.2. The number of allylic oxidation sites excluding steroid dienone is 3. The van der Waals surface area contributed by atoms with Gasteiger partial charge in [-0.1, -0.05) is 12.2 Å². The summed E-state index contributed by atoms with van der Waals surface area (Å²) in [6, 6.07) is 0. The first-order valence-corrected chi connectivity index (χ1v) is 5.54. The van der Waals surface area contributed by atoms with E-state index in [4.69, 9.17) is 5.73 Å². The van der Waals surface area contributed by atoms with Crippen molar-refractivity contribution in [3.8, 4) is 0 Å². The van der Waals surface area contributed by atoms with Crippen LogP contribution in [0.25, 0.3) is 0 Å². The van der Waals surface area contributed by atoms with Crippen LogP contribution in [0.5, 0.6) is 0 Å². The number of hydrogen-bond acceptors (Lipinski definition) is 4. The van der Waals surface area contributed by atoms with Gasteiger partial charge in [0.2, 0.25) is 0 Å². The van der Waals surface area contributed by atoms with Crippen molar-refractivity contribution in [1.29, 1.82) is 0 Å². The van der Waals surface area contributed by atoms with Gasteiger partial charge in [-0.05, 0) is 36.3 Å². The third-order valence-corrected chi connectivity index (χ3v) is 3.21. The van der Waals surface area contributed by atoms with Gasteiger partial charge >= 0.3 is 0 Å². The summed E-state index contributed by atoms with van der Waals surface area (Å²) in [6.45, 7) is 0. The molecule has 16 heavy (non-hydrogen) atoms. The van der Waals surface area contributed by atoms with Crippen molar-refractivity contribution in [2.45, 2.75) is 19.0 Å². The normalized spacial score (nSPS) is 31.4. The minimum atomic E-state index is 0.0613. The van der Waals surface area contributed by atoms with Gasteiger partial charge in [0, 0.05) is 11.6 Å². The Hall–Kier alpha value is -1.84. The fraction of sp³-hybridized carbons (Fsp3) is 0.333. The lowest BCUT2D eigenvalue weighted by Crippen LogP contribution is -2.28. The van der Waals surface area contributed by atoms with Gasteiger partial charge in [-0.2, -0.15) is 10.2 Å². The van der Waals surface area contributed by atoms with Gasteiger partial charge in [-0.25, -0.2) is 0 Å². The molecule has 3 rings (SSSR count). The maximum atomic E-state index is 6.03.